The summed E-state index contributed by atoms with van der Waals surface area (Å²) in [6, 6.07) is 8.55. The van der Waals surface area contributed by atoms with E-state index in [9.17, 15) is 9.59 Å². The van der Waals surface area contributed by atoms with Gasteiger partial charge in [0.2, 0.25) is 0 Å². The van der Waals surface area contributed by atoms with E-state index in [1.807, 2.05) is 27.7 Å². The van der Waals surface area contributed by atoms with Crippen molar-refractivity contribution in [2.24, 2.45) is 11.3 Å². The van der Waals surface area contributed by atoms with Gasteiger partial charge in [0.05, 0.1) is 5.92 Å². The van der Waals surface area contributed by atoms with Gasteiger partial charge in [-0.2, -0.15) is 0 Å². The maximum atomic E-state index is 13.2. The van der Waals surface area contributed by atoms with Crippen molar-refractivity contribution < 1.29 is 23.8 Å². The van der Waals surface area contributed by atoms with Gasteiger partial charge >= 0.3 is 169 Å². The van der Waals surface area contributed by atoms with Gasteiger partial charge in [0.25, 0.3) is 0 Å². The summed E-state index contributed by atoms with van der Waals surface area (Å²) < 4.78 is 17.2. The fourth-order valence-corrected chi connectivity index (χ4v) is 8.75. The molecule has 0 N–H and O–H groups in total. The first kappa shape index (κ1) is 31.8. The topological polar surface area (TPSA) is 61.8 Å². The van der Waals surface area contributed by atoms with Crippen LogP contribution in [0, 0.1) is 11.3 Å². The Balaban J connectivity index is 1.98. The van der Waals surface area contributed by atoms with Crippen molar-refractivity contribution in [2.45, 2.75) is 111 Å². The SMILES string of the molecule is CCC(C)OCC(C)(COC(=O)C(CC)CC)C(=O)OCc1ccc(C[PH](C)(C)C2CCCCC2)cc1. The van der Waals surface area contributed by atoms with Crippen LogP contribution in [0.4, 0.5) is 0 Å². The van der Waals surface area contributed by atoms with Crippen molar-refractivity contribution in [2.75, 3.05) is 26.5 Å². The van der Waals surface area contributed by atoms with Crippen LogP contribution < -0.4 is 0 Å². The van der Waals surface area contributed by atoms with Gasteiger partial charge in [-0.05, 0) is 26.2 Å². The van der Waals surface area contributed by atoms with E-state index in [0.29, 0.717) is 0 Å². The van der Waals surface area contributed by atoms with E-state index in [2.05, 4.69) is 37.6 Å². The van der Waals surface area contributed by atoms with E-state index < -0.39 is 18.6 Å². The number of hydrogen-bond acceptors (Lipinski definition) is 5. The zero-order valence-corrected chi connectivity index (χ0v) is 25.6. The average molecular weight is 537 g/mol. The molecule has 1 aromatic rings. The second-order valence-corrected chi connectivity index (χ2v) is 17.3. The van der Waals surface area contributed by atoms with E-state index in [1.165, 1.54) is 43.8 Å². The summed E-state index contributed by atoms with van der Waals surface area (Å²) in [6.07, 6.45) is 10.5. The summed E-state index contributed by atoms with van der Waals surface area (Å²) >= 11 is 0. The van der Waals surface area contributed by atoms with Crippen molar-refractivity contribution in [3.05, 3.63) is 35.4 Å². The van der Waals surface area contributed by atoms with Gasteiger partial charge in [0.1, 0.15) is 0 Å². The molecule has 1 aliphatic rings. The van der Waals surface area contributed by atoms with Crippen LogP contribution in [0.3, 0.4) is 0 Å². The predicted molar refractivity (Wildman–Crippen MR) is 156 cm³/mol. The number of hydrogen-bond donors (Lipinski definition) is 0. The number of carbonyl (C=O) groups excluding carboxylic acids is 2. The zero-order valence-electron chi connectivity index (χ0n) is 24.6. The molecule has 0 radical (unpaired) electrons. The van der Waals surface area contributed by atoms with Gasteiger partial charge in [0.15, 0.2) is 0 Å². The molecule has 0 aliphatic heterocycles. The number of rotatable bonds is 15. The van der Waals surface area contributed by atoms with Gasteiger partial charge < -0.3 is 0 Å². The fourth-order valence-electron chi connectivity index (χ4n) is 5.20. The van der Waals surface area contributed by atoms with Crippen LogP contribution in [0.25, 0.3) is 0 Å². The van der Waals surface area contributed by atoms with E-state index >= 15 is 0 Å². The molecule has 0 aromatic heterocycles. The molecule has 1 saturated carbocycles. The van der Waals surface area contributed by atoms with E-state index in [0.717, 1.165) is 30.5 Å². The molecule has 5 nitrogen and oxygen atoms in total. The molecule has 0 amide bonds. The van der Waals surface area contributed by atoms with E-state index in [1.54, 1.807) is 6.92 Å². The molecule has 37 heavy (non-hydrogen) atoms. The molecule has 1 aliphatic carbocycles. The summed E-state index contributed by atoms with van der Waals surface area (Å²) in [5.74, 6) is -0.814. The standard InChI is InChI=1S/C31H53O5P/c1-8-24(4)35-22-31(5,23-36-29(32)27(9-2)10-3)30(33)34-20-25-16-18-26(19-17-25)21-37(6,7)28-14-12-11-13-15-28/h16-19,24,27-28,37H,8-15,20-23H2,1-7H3. The molecular formula is C31H53O5P. The third kappa shape index (κ3) is 9.98. The van der Waals surface area contributed by atoms with Gasteiger partial charge in [-0.1, -0.05) is 20.8 Å². The molecular weight excluding hydrogens is 483 g/mol. The zero-order chi connectivity index (χ0) is 27.5. The molecule has 2 atom stereocenters. The summed E-state index contributed by atoms with van der Waals surface area (Å²) in [7, 11) is -1.32. The molecule has 6 heteroatoms. The molecule has 2 rings (SSSR count). The van der Waals surface area contributed by atoms with Gasteiger partial charge in [0, 0.05) is 0 Å². The van der Waals surface area contributed by atoms with Crippen LogP contribution >= 0.6 is 7.26 Å². The normalized spacial score (nSPS) is 17.7. The first-order valence-corrected chi connectivity index (χ1v) is 17.9. The minimum absolute atomic E-state index is 0.0100. The summed E-state index contributed by atoms with van der Waals surface area (Å²) in [5, 5.41) is 0. The number of benzene rings is 1. The average Bonchev–Trinajstić information content (AvgIpc) is 2.91. The summed E-state index contributed by atoms with van der Waals surface area (Å²) in [5.41, 5.74) is 2.22. The Labute approximate surface area is 226 Å². The Kier molecular flexibility index (Phi) is 13.1. The van der Waals surface area contributed by atoms with Crippen LogP contribution in [0.15, 0.2) is 24.3 Å². The summed E-state index contributed by atoms with van der Waals surface area (Å²) in [4.78, 5) is 25.7. The van der Waals surface area contributed by atoms with Gasteiger partial charge in [-0.15, -0.1) is 0 Å². The number of esters is 2. The summed E-state index contributed by atoms with van der Waals surface area (Å²) in [6.45, 7) is 15.1. The molecule has 0 heterocycles. The minimum atomic E-state index is -1.32. The molecule has 2 unspecified atom stereocenters. The molecule has 0 spiro atoms. The van der Waals surface area contributed by atoms with Gasteiger partial charge in [-0.25, -0.2) is 0 Å². The first-order valence-electron chi connectivity index (χ1n) is 14.6. The van der Waals surface area contributed by atoms with Crippen LogP contribution in [-0.2, 0) is 36.6 Å². The monoisotopic (exact) mass is 536 g/mol. The van der Waals surface area contributed by atoms with Crippen molar-refractivity contribution in [1.82, 2.24) is 0 Å². The molecule has 1 aromatic carbocycles. The van der Waals surface area contributed by atoms with Crippen molar-refractivity contribution in [3.63, 3.8) is 0 Å². The van der Waals surface area contributed by atoms with Crippen LogP contribution in [-0.4, -0.2) is 50.2 Å². The third-order valence-corrected chi connectivity index (χ3v) is 12.5. The fraction of sp³-hybridized carbons (Fsp3) is 0.742. The van der Waals surface area contributed by atoms with Crippen molar-refractivity contribution >= 4 is 19.2 Å². The second-order valence-electron chi connectivity index (χ2n) is 12.1. The molecule has 212 valence electrons. The van der Waals surface area contributed by atoms with Crippen molar-refractivity contribution in [1.29, 1.82) is 0 Å². The Bertz CT molecular complexity index is 827. The second kappa shape index (κ2) is 15.2. The quantitative estimate of drug-likeness (QED) is 0.173. The Morgan fingerprint density at radius 2 is 1.51 bits per heavy atom. The molecule has 0 saturated heterocycles. The molecule has 1 fully saturated rings. The van der Waals surface area contributed by atoms with Crippen LogP contribution in [0.1, 0.15) is 97.1 Å². The van der Waals surface area contributed by atoms with Gasteiger partial charge in [-0.3, -0.25) is 4.79 Å². The Morgan fingerprint density at radius 3 is 2.08 bits per heavy atom. The van der Waals surface area contributed by atoms with E-state index in [-0.39, 0.29) is 37.8 Å². The molecule has 0 bridgehead atoms. The first-order chi connectivity index (χ1) is 17.5. The third-order valence-electron chi connectivity index (χ3n) is 8.37. The van der Waals surface area contributed by atoms with Crippen molar-refractivity contribution in [3.8, 4) is 0 Å². The Morgan fingerprint density at radius 1 is 0.919 bits per heavy atom. The predicted octanol–water partition coefficient (Wildman–Crippen LogP) is 7.37. The van der Waals surface area contributed by atoms with Crippen LogP contribution in [0.2, 0.25) is 0 Å². The number of carbonyl (C=O) groups is 2. The Hall–Kier alpha value is -1.45. The van der Waals surface area contributed by atoms with Crippen LogP contribution in [0.5, 0.6) is 0 Å². The number of ether oxygens (including phenoxy) is 3. The maximum absolute atomic E-state index is 13.2. The van der Waals surface area contributed by atoms with E-state index in [4.69, 9.17) is 14.2 Å².